The van der Waals surface area contributed by atoms with Crippen LogP contribution in [-0.4, -0.2) is 33.6 Å². The Bertz CT molecular complexity index is 1170. The van der Waals surface area contributed by atoms with Crippen LogP contribution < -0.4 is 5.32 Å². The molecule has 0 saturated carbocycles. The lowest BCUT2D eigenvalue weighted by molar-refractivity contribution is 0.178. The standard InChI is InChI=1S/C22H19ClFN5O/c1-30-13-19-28-21(26-12-10-14-4-6-15(24)7-5-14)16-8-9-18(27-22(16)29-19)20-17(23)3-2-11-25-20/h2-9,11H,10,12-13H2,1H3,(H,26,27,28,29). The van der Waals surface area contributed by atoms with Crippen molar-refractivity contribution in [3.05, 3.63) is 77.0 Å². The van der Waals surface area contributed by atoms with Crippen molar-refractivity contribution in [1.29, 1.82) is 0 Å². The molecule has 0 aliphatic heterocycles. The number of hydrogen-bond acceptors (Lipinski definition) is 6. The van der Waals surface area contributed by atoms with Gasteiger partial charge in [0.15, 0.2) is 11.5 Å². The summed E-state index contributed by atoms with van der Waals surface area (Å²) in [6.45, 7) is 0.886. The summed E-state index contributed by atoms with van der Waals surface area (Å²) in [5.74, 6) is 0.943. The maximum absolute atomic E-state index is 13.1. The number of fused-ring (bicyclic) bond motifs is 1. The van der Waals surface area contributed by atoms with E-state index in [0.717, 1.165) is 17.4 Å². The molecular weight excluding hydrogens is 405 g/mol. The van der Waals surface area contributed by atoms with E-state index in [0.29, 0.717) is 40.2 Å². The number of hydrogen-bond donors (Lipinski definition) is 1. The molecule has 152 valence electrons. The van der Waals surface area contributed by atoms with Gasteiger partial charge in [-0.25, -0.2) is 19.3 Å². The Balaban J connectivity index is 1.64. The molecule has 0 spiro atoms. The molecule has 3 aromatic heterocycles. The van der Waals surface area contributed by atoms with Crippen LogP contribution >= 0.6 is 11.6 Å². The highest BCUT2D eigenvalue weighted by atomic mass is 35.5. The lowest BCUT2D eigenvalue weighted by atomic mass is 10.1. The third-order valence-electron chi connectivity index (χ3n) is 4.50. The SMILES string of the molecule is COCc1nc(NCCc2ccc(F)cc2)c2ccc(-c3ncccc3Cl)nc2n1. The second-order valence-corrected chi connectivity index (χ2v) is 7.03. The molecule has 0 fully saturated rings. The van der Waals surface area contributed by atoms with Crippen LogP contribution in [0.1, 0.15) is 11.4 Å². The molecule has 4 aromatic rings. The van der Waals surface area contributed by atoms with E-state index in [1.807, 2.05) is 12.1 Å². The van der Waals surface area contributed by atoms with Gasteiger partial charge in [-0.2, -0.15) is 0 Å². The van der Waals surface area contributed by atoms with E-state index >= 15 is 0 Å². The lowest BCUT2D eigenvalue weighted by Gasteiger charge is -2.11. The van der Waals surface area contributed by atoms with Crippen LogP contribution in [0.25, 0.3) is 22.4 Å². The van der Waals surface area contributed by atoms with Crippen molar-refractivity contribution in [2.75, 3.05) is 19.0 Å². The van der Waals surface area contributed by atoms with E-state index in [2.05, 4.69) is 25.3 Å². The number of nitrogens with zero attached hydrogens (tertiary/aromatic N) is 4. The van der Waals surface area contributed by atoms with Crippen LogP contribution in [0.2, 0.25) is 5.02 Å². The maximum atomic E-state index is 13.1. The number of halogens is 2. The fourth-order valence-electron chi connectivity index (χ4n) is 3.07. The summed E-state index contributed by atoms with van der Waals surface area (Å²) >= 11 is 6.27. The zero-order valence-electron chi connectivity index (χ0n) is 16.3. The van der Waals surface area contributed by atoms with Gasteiger partial charge in [-0.3, -0.25) is 4.98 Å². The molecule has 3 heterocycles. The van der Waals surface area contributed by atoms with Gasteiger partial charge in [0.2, 0.25) is 0 Å². The summed E-state index contributed by atoms with van der Waals surface area (Å²) < 4.78 is 18.3. The average molecular weight is 424 g/mol. The van der Waals surface area contributed by atoms with Gasteiger partial charge in [0.25, 0.3) is 0 Å². The predicted molar refractivity (Wildman–Crippen MR) is 115 cm³/mol. The van der Waals surface area contributed by atoms with Crippen LogP contribution in [0.4, 0.5) is 10.2 Å². The van der Waals surface area contributed by atoms with Crippen molar-refractivity contribution >= 4 is 28.5 Å². The smallest absolute Gasteiger partial charge is 0.165 e. The Morgan fingerprint density at radius 1 is 1.03 bits per heavy atom. The summed E-state index contributed by atoms with van der Waals surface area (Å²) in [4.78, 5) is 18.1. The fourth-order valence-corrected chi connectivity index (χ4v) is 3.28. The maximum Gasteiger partial charge on any atom is 0.165 e. The van der Waals surface area contributed by atoms with Crippen molar-refractivity contribution in [1.82, 2.24) is 19.9 Å². The third kappa shape index (κ3) is 4.53. The number of methoxy groups -OCH3 is 1. The van der Waals surface area contributed by atoms with Gasteiger partial charge >= 0.3 is 0 Å². The van der Waals surface area contributed by atoms with Crippen LogP contribution in [0, 0.1) is 5.82 Å². The van der Waals surface area contributed by atoms with Crippen molar-refractivity contribution in [3.63, 3.8) is 0 Å². The summed E-state index contributed by atoms with van der Waals surface area (Å²) in [7, 11) is 1.59. The molecule has 4 rings (SSSR count). The summed E-state index contributed by atoms with van der Waals surface area (Å²) in [5, 5.41) is 4.64. The Kier molecular flexibility index (Phi) is 6.11. The Morgan fingerprint density at radius 3 is 2.63 bits per heavy atom. The topological polar surface area (TPSA) is 72.8 Å². The molecule has 1 aromatic carbocycles. The van der Waals surface area contributed by atoms with Crippen molar-refractivity contribution in [3.8, 4) is 11.4 Å². The number of rotatable bonds is 7. The molecule has 6 nitrogen and oxygen atoms in total. The molecule has 8 heteroatoms. The monoisotopic (exact) mass is 423 g/mol. The van der Waals surface area contributed by atoms with E-state index in [4.69, 9.17) is 16.3 Å². The molecule has 0 amide bonds. The number of aromatic nitrogens is 4. The molecule has 0 atom stereocenters. The predicted octanol–water partition coefficient (Wildman–Crippen LogP) is 4.68. The first-order chi connectivity index (χ1) is 14.6. The molecule has 0 saturated heterocycles. The minimum atomic E-state index is -0.243. The minimum Gasteiger partial charge on any atom is -0.377 e. The molecule has 0 bridgehead atoms. The van der Waals surface area contributed by atoms with Crippen molar-refractivity contribution in [2.45, 2.75) is 13.0 Å². The normalized spacial score (nSPS) is 11.0. The van der Waals surface area contributed by atoms with Gasteiger partial charge in [0.1, 0.15) is 23.9 Å². The van der Waals surface area contributed by atoms with Crippen LogP contribution in [0.15, 0.2) is 54.7 Å². The fraction of sp³-hybridized carbons (Fsp3) is 0.182. The van der Waals surface area contributed by atoms with Gasteiger partial charge in [-0.1, -0.05) is 23.7 Å². The molecule has 0 radical (unpaired) electrons. The van der Waals surface area contributed by atoms with Gasteiger partial charge < -0.3 is 10.1 Å². The van der Waals surface area contributed by atoms with Gasteiger partial charge in [0, 0.05) is 19.9 Å². The largest absolute Gasteiger partial charge is 0.377 e. The lowest BCUT2D eigenvalue weighted by Crippen LogP contribution is -2.10. The van der Waals surface area contributed by atoms with Crippen LogP contribution in [0.5, 0.6) is 0 Å². The highest BCUT2D eigenvalue weighted by molar-refractivity contribution is 6.32. The third-order valence-corrected chi connectivity index (χ3v) is 4.80. The number of benzene rings is 1. The van der Waals surface area contributed by atoms with Gasteiger partial charge in [-0.15, -0.1) is 0 Å². The Morgan fingerprint density at radius 2 is 1.87 bits per heavy atom. The summed E-state index contributed by atoms with van der Waals surface area (Å²) in [6.07, 6.45) is 2.40. The first kappa shape index (κ1) is 20.1. The zero-order chi connectivity index (χ0) is 20.9. The Labute approximate surface area is 178 Å². The Hall–Kier alpha value is -3.16. The van der Waals surface area contributed by atoms with E-state index in [1.165, 1.54) is 12.1 Å². The van der Waals surface area contributed by atoms with Crippen LogP contribution in [-0.2, 0) is 17.8 Å². The van der Waals surface area contributed by atoms with Gasteiger partial charge in [0.05, 0.1) is 16.1 Å². The highest BCUT2D eigenvalue weighted by Gasteiger charge is 2.12. The van der Waals surface area contributed by atoms with Crippen molar-refractivity contribution < 1.29 is 9.13 Å². The molecule has 30 heavy (non-hydrogen) atoms. The van der Waals surface area contributed by atoms with E-state index in [-0.39, 0.29) is 12.4 Å². The minimum absolute atomic E-state index is 0.243. The second kappa shape index (κ2) is 9.11. The number of anilines is 1. The first-order valence-electron chi connectivity index (χ1n) is 9.40. The molecule has 1 N–H and O–H groups in total. The van der Waals surface area contributed by atoms with E-state index < -0.39 is 0 Å². The van der Waals surface area contributed by atoms with Crippen LogP contribution in [0.3, 0.4) is 0 Å². The summed E-state index contributed by atoms with van der Waals surface area (Å²) in [5.41, 5.74) is 2.79. The highest BCUT2D eigenvalue weighted by Crippen LogP contribution is 2.27. The molecule has 0 unspecified atom stereocenters. The van der Waals surface area contributed by atoms with E-state index in [9.17, 15) is 4.39 Å². The van der Waals surface area contributed by atoms with Crippen molar-refractivity contribution in [2.24, 2.45) is 0 Å². The average Bonchev–Trinajstić information content (AvgIpc) is 2.75. The molecule has 0 aliphatic rings. The van der Waals surface area contributed by atoms with E-state index in [1.54, 1.807) is 37.6 Å². The second-order valence-electron chi connectivity index (χ2n) is 6.63. The molecule has 0 aliphatic carbocycles. The first-order valence-corrected chi connectivity index (χ1v) is 9.77. The zero-order valence-corrected chi connectivity index (χ0v) is 17.0. The number of nitrogens with one attached hydrogen (secondary N) is 1. The quantitative estimate of drug-likeness (QED) is 0.465. The summed E-state index contributed by atoms with van der Waals surface area (Å²) in [6, 6.07) is 13.8. The van der Waals surface area contributed by atoms with Gasteiger partial charge in [-0.05, 0) is 48.4 Å². The number of pyridine rings is 2. The molecular formula is C22H19ClFN5O. The number of ether oxygens (including phenoxy) is 1.